The van der Waals surface area contributed by atoms with Crippen molar-refractivity contribution in [2.45, 2.75) is 39.0 Å². The van der Waals surface area contributed by atoms with E-state index in [0.29, 0.717) is 0 Å². The van der Waals surface area contributed by atoms with Crippen molar-refractivity contribution in [3.8, 4) is 0 Å². The molecule has 0 aliphatic rings. The predicted octanol–water partition coefficient (Wildman–Crippen LogP) is 6.43. The largest absolute Gasteiger partial charge is 0.137 e. The molecular weight excluding hydrogens is 228 g/mol. The van der Waals surface area contributed by atoms with Crippen LogP contribution in [0.1, 0.15) is 44.6 Å². The Morgan fingerprint density at radius 3 is 1.95 bits per heavy atom. The van der Waals surface area contributed by atoms with E-state index in [1.54, 1.807) is 0 Å². The van der Waals surface area contributed by atoms with Gasteiger partial charge in [-0.1, -0.05) is 88.4 Å². The fraction of sp³-hybridized carbons (Fsp3) is 0.316. The molecule has 1 rings (SSSR count). The summed E-state index contributed by atoms with van der Waals surface area (Å²) in [6.45, 7) is 15.8. The molecule has 0 amide bonds. The van der Waals surface area contributed by atoms with Gasteiger partial charge in [0.2, 0.25) is 0 Å². The first-order valence-electron chi connectivity index (χ1n) is 6.84. The molecule has 104 valence electrons. The number of benzene rings is 1. The van der Waals surface area contributed by atoms with Gasteiger partial charge >= 0.3 is 0 Å². The van der Waals surface area contributed by atoms with Gasteiger partial charge in [0.25, 0.3) is 0 Å². The lowest BCUT2D eigenvalue weighted by atomic mass is 10.2. The van der Waals surface area contributed by atoms with Crippen LogP contribution in [0.5, 0.6) is 0 Å². The first-order valence-corrected chi connectivity index (χ1v) is 6.84. The average molecular weight is 256 g/mol. The molecule has 0 atom stereocenters. The lowest BCUT2D eigenvalue weighted by molar-refractivity contribution is 0.675. The quantitative estimate of drug-likeness (QED) is 0.312. The van der Waals surface area contributed by atoms with Gasteiger partial charge in [-0.2, -0.15) is 0 Å². The highest BCUT2D eigenvalue weighted by molar-refractivity contribution is 5.45. The third-order valence-corrected chi connectivity index (χ3v) is 2.30. The smallest absolute Gasteiger partial charge is 0.0263 e. The number of unbranched alkanes of at least 4 members (excludes halogenated alkanes) is 4. The summed E-state index contributed by atoms with van der Waals surface area (Å²) in [6.07, 6.45) is 10.4. The van der Waals surface area contributed by atoms with Crippen molar-refractivity contribution in [3.63, 3.8) is 0 Å². The topological polar surface area (TPSA) is 0 Å². The van der Waals surface area contributed by atoms with Gasteiger partial charge in [0.15, 0.2) is 0 Å². The molecule has 0 saturated carbocycles. The Labute approximate surface area is 119 Å². The van der Waals surface area contributed by atoms with Gasteiger partial charge in [0.05, 0.1) is 0 Å². The maximum atomic E-state index is 3.66. The molecule has 1 aromatic rings. The summed E-state index contributed by atoms with van der Waals surface area (Å²) in [5, 5.41) is 0. The van der Waals surface area contributed by atoms with E-state index in [1.807, 2.05) is 42.5 Å². The summed E-state index contributed by atoms with van der Waals surface area (Å²) < 4.78 is 0. The molecule has 0 fully saturated rings. The van der Waals surface area contributed by atoms with Gasteiger partial charge in [0.1, 0.15) is 0 Å². The molecule has 0 unspecified atom stereocenters. The van der Waals surface area contributed by atoms with Crippen molar-refractivity contribution in [2.24, 2.45) is 0 Å². The predicted molar refractivity (Wildman–Crippen MR) is 90.3 cm³/mol. The van der Waals surface area contributed by atoms with E-state index >= 15 is 0 Å². The molecule has 0 N–H and O–H groups in total. The maximum absolute atomic E-state index is 3.66. The number of rotatable bonds is 6. The normalized spacial score (nSPS) is 7.84. The fourth-order valence-corrected chi connectivity index (χ4v) is 1.30. The molecule has 1 aromatic carbocycles. The minimum atomic E-state index is 1.17. The first-order chi connectivity index (χ1) is 9.26. The van der Waals surface area contributed by atoms with Crippen LogP contribution >= 0.6 is 0 Å². The van der Waals surface area contributed by atoms with Crippen molar-refractivity contribution in [3.05, 3.63) is 74.0 Å². The zero-order chi connectivity index (χ0) is 14.8. The Hall–Kier alpha value is -1.78. The summed E-state index contributed by atoms with van der Waals surface area (Å²) in [5.41, 5.74) is 3.42. The van der Waals surface area contributed by atoms with E-state index in [0.717, 1.165) is 0 Å². The molecule has 0 aliphatic carbocycles. The Morgan fingerprint density at radius 1 is 1.00 bits per heavy atom. The SMILES string of the molecule is C=C=C.C=CCCCCCC.C=Cc1ccccc1. The highest BCUT2D eigenvalue weighted by Crippen LogP contribution is 2.01. The molecule has 0 radical (unpaired) electrons. The Balaban J connectivity index is 0. The van der Waals surface area contributed by atoms with Gasteiger partial charge in [-0.25, -0.2) is 0 Å². The zero-order valence-electron chi connectivity index (χ0n) is 12.4. The third kappa shape index (κ3) is 18.8. The minimum absolute atomic E-state index is 1.17. The molecular formula is C19H28. The van der Waals surface area contributed by atoms with Gasteiger partial charge in [-0.15, -0.1) is 12.3 Å². The van der Waals surface area contributed by atoms with Crippen molar-refractivity contribution >= 4 is 6.08 Å². The number of hydrogen-bond donors (Lipinski definition) is 0. The van der Waals surface area contributed by atoms with Gasteiger partial charge in [-0.05, 0) is 18.4 Å². The lowest BCUT2D eigenvalue weighted by Gasteiger charge is -1.91. The summed E-state index contributed by atoms with van der Waals surface area (Å²) in [6, 6.07) is 10.0. The lowest BCUT2D eigenvalue weighted by Crippen LogP contribution is -1.71. The molecule has 0 aliphatic heterocycles. The monoisotopic (exact) mass is 256 g/mol. The molecule has 0 bridgehead atoms. The summed E-state index contributed by atoms with van der Waals surface area (Å²) in [7, 11) is 0. The molecule has 0 heterocycles. The van der Waals surface area contributed by atoms with Crippen LogP contribution in [0.25, 0.3) is 6.08 Å². The van der Waals surface area contributed by atoms with Crippen LogP contribution in [0, 0.1) is 0 Å². The Kier molecular flexibility index (Phi) is 19.1. The molecule has 0 nitrogen and oxygen atoms in total. The second-order valence-electron chi connectivity index (χ2n) is 4.00. The van der Waals surface area contributed by atoms with E-state index in [1.165, 1.54) is 37.7 Å². The van der Waals surface area contributed by atoms with Crippen molar-refractivity contribution in [1.82, 2.24) is 0 Å². The van der Waals surface area contributed by atoms with Crippen molar-refractivity contribution in [2.75, 3.05) is 0 Å². The second kappa shape index (κ2) is 18.6. The zero-order valence-corrected chi connectivity index (χ0v) is 12.4. The van der Waals surface area contributed by atoms with E-state index < -0.39 is 0 Å². The molecule has 0 saturated heterocycles. The third-order valence-electron chi connectivity index (χ3n) is 2.30. The summed E-state index contributed by atoms with van der Waals surface area (Å²) >= 11 is 0. The second-order valence-corrected chi connectivity index (χ2v) is 4.00. The average Bonchev–Trinajstić information content (AvgIpc) is 2.46. The van der Waals surface area contributed by atoms with Crippen LogP contribution in [0.2, 0.25) is 0 Å². The van der Waals surface area contributed by atoms with E-state index in [9.17, 15) is 0 Å². The molecule has 19 heavy (non-hydrogen) atoms. The molecule has 0 aromatic heterocycles. The molecule has 0 heteroatoms. The highest BCUT2D eigenvalue weighted by atomic mass is 13.9. The van der Waals surface area contributed by atoms with Gasteiger partial charge in [-0.3, -0.25) is 0 Å². The highest BCUT2D eigenvalue weighted by Gasteiger charge is 1.81. The van der Waals surface area contributed by atoms with Crippen LogP contribution < -0.4 is 0 Å². The van der Waals surface area contributed by atoms with Gasteiger partial charge in [0, 0.05) is 0 Å². The minimum Gasteiger partial charge on any atom is -0.137 e. The van der Waals surface area contributed by atoms with E-state index in [4.69, 9.17) is 0 Å². The van der Waals surface area contributed by atoms with Crippen LogP contribution in [0.15, 0.2) is 68.5 Å². The van der Waals surface area contributed by atoms with Crippen LogP contribution in [-0.4, -0.2) is 0 Å². The summed E-state index contributed by atoms with van der Waals surface area (Å²) in [5.74, 6) is 0. The number of hydrogen-bond acceptors (Lipinski definition) is 0. The summed E-state index contributed by atoms with van der Waals surface area (Å²) in [4.78, 5) is 0. The van der Waals surface area contributed by atoms with Crippen LogP contribution in [0.4, 0.5) is 0 Å². The Bertz CT molecular complexity index is 326. The fourth-order valence-electron chi connectivity index (χ4n) is 1.30. The standard InChI is InChI=1S/C8H8.C8H16.C3H4/c1-2-8-6-4-3-5-7-8;1-3-5-7-8-6-4-2;1-3-2/h2-7H,1H2;3H,1,4-8H2,2H3;1-2H2. The van der Waals surface area contributed by atoms with Crippen molar-refractivity contribution in [1.29, 1.82) is 0 Å². The van der Waals surface area contributed by atoms with E-state index in [-0.39, 0.29) is 0 Å². The van der Waals surface area contributed by atoms with E-state index in [2.05, 4.69) is 39.0 Å². The maximum Gasteiger partial charge on any atom is -0.0263 e. The molecule has 0 spiro atoms. The van der Waals surface area contributed by atoms with Crippen molar-refractivity contribution < 1.29 is 0 Å². The van der Waals surface area contributed by atoms with Crippen LogP contribution in [0.3, 0.4) is 0 Å². The number of allylic oxidation sites excluding steroid dienone is 1. The van der Waals surface area contributed by atoms with Crippen LogP contribution in [-0.2, 0) is 0 Å². The first kappa shape index (κ1) is 19.6. The van der Waals surface area contributed by atoms with Gasteiger partial charge < -0.3 is 0 Å². The Morgan fingerprint density at radius 2 is 1.58 bits per heavy atom.